The molecule has 1 rings (SSSR count). The fourth-order valence-corrected chi connectivity index (χ4v) is 0.942. The van der Waals surface area contributed by atoms with Crippen molar-refractivity contribution in [2.24, 2.45) is 0 Å². The molecule has 0 radical (unpaired) electrons. The minimum absolute atomic E-state index is 0.487. The molecule has 0 unspecified atom stereocenters. The van der Waals surface area contributed by atoms with E-state index in [-0.39, 0.29) is 0 Å². The minimum atomic E-state index is 0.487. The van der Waals surface area contributed by atoms with E-state index in [4.69, 9.17) is 16.9 Å². The van der Waals surface area contributed by atoms with Gasteiger partial charge in [-0.2, -0.15) is 5.26 Å². The monoisotopic (exact) mass is 189 g/mol. The maximum Gasteiger partial charge on any atom is 0.0631 e. The maximum absolute atomic E-state index is 8.26. The number of benzene rings is 1. The molecule has 0 spiro atoms. The van der Waals surface area contributed by atoms with Crippen LogP contribution in [0.2, 0.25) is 5.02 Å². The van der Waals surface area contributed by atoms with Crippen molar-refractivity contribution in [1.82, 2.24) is 0 Å². The fourth-order valence-electron chi connectivity index (χ4n) is 0.816. The Kier molecular flexibility index (Phi) is 3.89. The molecule has 0 heterocycles. The lowest BCUT2D eigenvalue weighted by atomic mass is 10.2. The van der Waals surface area contributed by atoms with Gasteiger partial charge in [0.15, 0.2) is 0 Å². The van der Waals surface area contributed by atoms with E-state index in [2.05, 4.69) is 11.8 Å². The number of nitriles is 1. The van der Waals surface area contributed by atoms with Crippen LogP contribution in [0, 0.1) is 23.2 Å². The summed E-state index contributed by atoms with van der Waals surface area (Å²) < 4.78 is 0. The molecular weight excluding hydrogens is 182 g/mol. The zero-order valence-corrected chi connectivity index (χ0v) is 7.80. The highest BCUT2D eigenvalue weighted by Crippen LogP contribution is 2.08. The first-order valence-electron chi connectivity index (χ1n) is 3.94. The molecule has 13 heavy (non-hydrogen) atoms. The number of nitrogens with zero attached hydrogens (tertiary/aromatic N) is 1. The average Bonchev–Trinajstić information content (AvgIpc) is 2.15. The Morgan fingerprint density at radius 3 is 2.46 bits per heavy atom. The van der Waals surface area contributed by atoms with Crippen molar-refractivity contribution in [3.8, 4) is 17.9 Å². The van der Waals surface area contributed by atoms with Gasteiger partial charge in [0.25, 0.3) is 0 Å². The van der Waals surface area contributed by atoms with Gasteiger partial charge < -0.3 is 0 Å². The van der Waals surface area contributed by atoms with Gasteiger partial charge in [-0.1, -0.05) is 23.4 Å². The molecule has 0 saturated carbocycles. The van der Waals surface area contributed by atoms with Crippen LogP contribution in [-0.2, 0) is 0 Å². The summed E-state index contributed by atoms with van der Waals surface area (Å²) in [7, 11) is 0. The molecule has 0 N–H and O–H groups in total. The molecule has 0 aliphatic rings. The second-order valence-electron chi connectivity index (χ2n) is 2.47. The van der Waals surface area contributed by atoms with Gasteiger partial charge in [-0.05, 0) is 24.3 Å². The number of hydrogen-bond acceptors (Lipinski definition) is 1. The van der Waals surface area contributed by atoms with Gasteiger partial charge in [-0.3, -0.25) is 0 Å². The van der Waals surface area contributed by atoms with E-state index in [1.54, 1.807) is 12.1 Å². The smallest absolute Gasteiger partial charge is 0.0631 e. The summed E-state index contributed by atoms with van der Waals surface area (Å²) in [5, 5.41) is 8.98. The molecule has 0 fully saturated rings. The van der Waals surface area contributed by atoms with Gasteiger partial charge in [0.05, 0.1) is 6.07 Å². The molecule has 0 aliphatic carbocycles. The minimum Gasteiger partial charge on any atom is -0.198 e. The predicted molar refractivity (Wildman–Crippen MR) is 53.2 cm³/mol. The molecule has 1 nitrogen and oxygen atoms in total. The van der Waals surface area contributed by atoms with Crippen LogP contribution in [0.3, 0.4) is 0 Å². The van der Waals surface area contributed by atoms with Crippen LogP contribution in [0.15, 0.2) is 24.3 Å². The van der Waals surface area contributed by atoms with Crippen LogP contribution in [-0.4, -0.2) is 0 Å². The zero-order valence-electron chi connectivity index (χ0n) is 7.05. The second kappa shape index (κ2) is 5.25. The Bertz CT molecular complexity index is 362. The van der Waals surface area contributed by atoms with Gasteiger partial charge >= 0.3 is 0 Å². The van der Waals surface area contributed by atoms with Crippen LogP contribution in [0.5, 0.6) is 0 Å². The Morgan fingerprint density at radius 2 is 1.85 bits per heavy atom. The highest BCUT2D eigenvalue weighted by molar-refractivity contribution is 6.30. The number of rotatable bonds is 1. The lowest BCUT2D eigenvalue weighted by Gasteiger charge is -1.89. The lowest BCUT2D eigenvalue weighted by Crippen LogP contribution is -1.72. The largest absolute Gasteiger partial charge is 0.198 e. The first-order chi connectivity index (χ1) is 6.33. The van der Waals surface area contributed by atoms with Crippen molar-refractivity contribution < 1.29 is 0 Å². The molecule has 0 saturated heterocycles. The second-order valence-corrected chi connectivity index (χ2v) is 2.90. The molecule has 2 heteroatoms. The van der Waals surface area contributed by atoms with Crippen LogP contribution in [0.4, 0.5) is 0 Å². The van der Waals surface area contributed by atoms with E-state index < -0.39 is 0 Å². The highest BCUT2D eigenvalue weighted by atomic mass is 35.5. The third kappa shape index (κ3) is 3.65. The fraction of sp³-hybridized carbons (Fsp3) is 0.182. The number of unbranched alkanes of at least 4 members (excludes halogenated alkanes) is 1. The van der Waals surface area contributed by atoms with E-state index in [1.807, 2.05) is 18.2 Å². The Morgan fingerprint density at radius 1 is 1.15 bits per heavy atom. The SMILES string of the molecule is N#CCCC#Cc1ccc(Cl)cc1. The molecule has 1 aromatic rings. The molecule has 0 aliphatic heterocycles. The molecular formula is C11H8ClN. The van der Waals surface area contributed by atoms with Crippen molar-refractivity contribution in [3.63, 3.8) is 0 Å². The van der Waals surface area contributed by atoms with Crippen molar-refractivity contribution in [2.45, 2.75) is 12.8 Å². The van der Waals surface area contributed by atoms with Gasteiger partial charge in [-0.25, -0.2) is 0 Å². The van der Waals surface area contributed by atoms with Gasteiger partial charge in [0.1, 0.15) is 0 Å². The molecule has 0 bridgehead atoms. The van der Waals surface area contributed by atoms with Crippen LogP contribution < -0.4 is 0 Å². The Balaban J connectivity index is 2.58. The highest BCUT2D eigenvalue weighted by Gasteiger charge is 1.86. The summed E-state index contributed by atoms with van der Waals surface area (Å²) in [6.45, 7) is 0. The topological polar surface area (TPSA) is 23.8 Å². The lowest BCUT2D eigenvalue weighted by molar-refractivity contribution is 1.09. The normalized spacial score (nSPS) is 8.31. The van der Waals surface area contributed by atoms with E-state index in [1.165, 1.54) is 0 Å². The number of halogens is 1. The first kappa shape index (κ1) is 9.65. The zero-order chi connectivity index (χ0) is 9.52. The summed E-state index contributed by atoms with van der Waals surface area (Å²) in [5.74, 6) is 5.85. The van der Waals surface area contributed by atoms with Crippen molar-refractivity contribution in [3.05, 3.63) is 34.9 Å². The van der Waals surface area contributed by atoms with Crippen molar-refractivity contribution in [1.29, 1.82) is 5.26 Å². The van der Waals surface area contributed by atoms with Crippen LogP contribution >= 0.6 is 11.6 Å². The van der Waals surface area contributed by atoms with Gasteiger partial charge in [0, 0.05) is 23.4 Å². The van der Waals surface area contributed by atoms with E-state index >= 15 is 0 Å². The Labute approximate surface area is 83.0 Å². The third-order valence-corrected chi connectivity index (χ3v) is 1.69. The third-order valence-electron chi connectivity index (χ3n) is 1.44. The van der Waals surface area contributed by atoms with Crippen molar-refractivity contribution >= 4 is 11.6 Å². The summed E-state index contributed by atoms with van der Waals surface area (Å²) in [5.41, 5.74) is 0.933. The summed E-state index contributed by atoms with van der Waals surface area (Å²) in [4.78, 5) is 0. The van der Waals surface area contributed by atoms with Crippen LogP contribution in [0.25, 0.3) is 0 Å². The summed E-state index contributed by atoms with van der Waals surface area (Å²) in [6.07, 6.45) is 1.11. The molecule has 64 valence electrons. The van der Waals surface area contributed by atoms with Crippen molar-refractivity contribution in [2.75, 3.05) is 0 Å². The van der Waals surface area contributed by atoms with E-state index in [0.717, 1.165) is 5.56 Å². The molecule has 0 atom stereocenters. The number of hydrogen-bond donors (Lipinski definition) is 0. The van der Waals surface area contributed by atoms with Gasteiger partial charge in [0.2, 0.25) is 0 Å². The maximum atomic E-state index is 8.26. The predicted octanol–water partition coefficient (Wildman–Crippen LogP) is 3.00. The summed E-state index contributed by atoms with van der Waals surface area (Å²) in [6, 6.07) is 9.37. The first-order valence-corrected chi connectivity index (χ1v) is 4.32. The molecule has 0 aromatic heterocycles. The summed E-state index contributed by atoms with van der Waals surface area (Å²) >= 11 is 5.70. The standard InChI is InChI=1S/C11H8ClN/c12-11-7-5-10(6-8-11)4-2-1-3-9-13/h5-8H,1,3H2. The van der Waals surface area contributed by atoms with Crippen LogP contribution in [0.1, 0.15) is 18.4 Å². The Hall–Kier alpha value is -1.44. The van der Waals surface area contributed by atoms with Gasteiger partial charge in [-0.15, -0.1) is 0 Å². The van der Waals surface area contributed by atoms with E-state index in [0.29, 0.717) is 17.9 Å². The molecule has 1 aromatic carbocycles. The molecule has 0 amide bonds. The van der Waals surface area contributed by atoms with E-state index in [9.17, 15) is 0 Å². The average molecular weight is 190 g/mol. The quantitative estimate of drug-likeness (QED) is 0.492.